The van der Waals surface area contributed by atoms with Gasteiger partial charge in [-0.05, 0) is 13.0 Å². The fourth-order valence-electron chi connectivity index (χ4n) is 3.61. The molecule has 9 nitrogen and oxygen atoms in total. The van der Waals surface area contributed by atoms with Gasteiger partial charge in [-0.2, -0.15) is 18.3 Å². The van der Waals surface area contributed by atoms with Gasteiger partial charge in [0.05, 0.1) is 31.2 Å². The van der Waals surface area contributed by atoms with Crippen molar-refractivity contribution in [3.63, 3.8) is 0 Å². The second-order valence-corrected chi connectivity index (χ2v) is 7.54. The van der Waals surface area contributed by atoms with E-state index in [9.17, 15) is 22.4 Å². The number of pyridine rings is 1. The molecule has 0 radical (unpaired) electrons. The molecule has 0 fully saturated rings. The maximum absolute atomic E-state index is 13.9. The first-order valence-corrected chi connectivity index (χ1v) is 9.63. The van der Waals surface area contributed by atoms with E-state index in [1.54, 1.807) is 4.90 Å². The lowest BCUT2D eigenvalue weighted by Crippen LogP contribution is -2.49. The number of nitrogens with zero attached hydrogens (tertiary/aromatic N) is 5. The third-order valence-electron chi connectivity index (χ3n) is 5.29. The number of nitrogens with one attached hydrogen (secondary N) is 1. The van der Waals surface area contributed by atoms with Gasteiger partial charge < -0.3 is 19.7 Å². The fraction of sp³-hybridized carbons (Fsp3) is 0.368. The van der Waals surface area contributed by atoms with Crippen LogP contribution in [0.4, 0.5) is 23.4 Å². The van der Waals surface area contributed by atoms with Crippen molar-refractivity contribution in [1.29, 1.82) is 0 Å². The number of carbonyl (C=O) groups excluding carboxylic acids is 1. The number of hydrogen-bond donors (Lipinski definition) is 1. The van der Waals surface area contributed by atoms with E-state index in [0.29, 0.717) is 11.6 Å². The van der Waals surface area contributed by atoms with Crippen LogP contribution in [-0.4, -0.2) is 57.0 Å². The molecule has 0 spiro atoms. The number of amides is 1. The smallest absolute Gasteiger partial charge is 0.411 e. The molecule has 0 saturated carbocycles. The number of rotatable bonds is 0. The molecular weight excluding hydrogens is 436 g/mol. The molecule has 0 aliphatic carbocycles. The number of carbonyl (C=O) groups is 1. The highest BCUT2D eigenvalue weighted by Gasteiger charge is 2.42. The van der Waals surface area contributed by atoms with Crippen LogP contribution < -0.4 is 19.7 Å². The van der Waals surface area contributed by atoms with Crippen molar-refractivity contribution in [1.82, 2.24) is 24.9 Å². The summed E-state index contributed by atoms with van der Waals surface area (Å²) in [6.07, 6.45) is -1.32. The molecule has 168 valence electrons. The van der Waals surface area contributed by atoms with Gasteiger partial charge in [0, 0.05) is 5.56 Å². The topological polar surface area (TPSA) is 93.9 Å². The van der Waals surface area contributed by atoms with Crippen LogP contribution in [0.1, 0.15) is 22.8 Å². The lowest BCUT2D eigenvalue weighted by molar-refractivity contribution is -0.159. The first kappa shape index (κ1) is 20.3. The zero-order chi connectivity index (χ0) is 22.6. The van der Waals surface area contributed by atoms with Gasteiger partial charge in [-0.15, -0.1) is 0 Å². The van der Waals surface area contributed by atoms with E-state index in [1.807, 2.05) is 12.2 Å². The monoisotopic (exact) mass is 452 g/mol. The molecule has 1 amide bonds. The predicted octanol–water partition coefficient (Wildman–Crippen LogP) is 2.10. The van der Waals surface area contributed by atoms with Crippen LogP contribution in [0, 0.1) is 5.82 Å². The molecule has 0 saturated heterocycles. The Kier molecular flexibility index (Phi) is 4.57. The van der Waals surface area contributed by atoms with E-state index in [2.05, 4.69) is 15.1 Å². The summed E-state index contributed by atoms with van der Waals surface area (Å²) in [6.45, 7) is 1.23. The van der Waals surface area contributed by atoms with Crippen LogP contribution in [0.2, 0.25) is 0 Å². The molecule has 5 heterocycles. The van der Waals surface area contributed by atoms with Crippen LogP contribution in [0.25, 0.3) is 5.65 Å². The minimum Gasteiger partial charge on any atom is -0.486 e. The first-order chi connectivity index (χ1) is 15.2. The van der Waals surface area contributed by atoms with Crippen LogP contribution in [0.15, 0.2) is 24.7 Å². The summed E-state index contributed by atoms with van der Waals surface area (Å²) < 4.78 is 67.0. The number of halogens is 4. The molecule has 1 N–H and O–H groups in total. The van der Waals surface area contributed by atoms with Gasteiger partial charge >= 0.3 is 6.18 Å². The van der Waals surface area contributed by atoms with Crippen molar-refractivity contribution in [2.75, 3.05) is 18.1 Å². The number of anilines is 1. The normalized spacial score (nSPS) is 21.0. The number of alkyl halides is 3. The fourth-order valence-corrected chi connectivity index (χ4v) is 3.61. The third-order valence-corrected chi connectivity index (χ3v) is 5.29. The van der Waals surface area contributed by atoms with Crippen LogP contribution >= 0.6 is 0 Å². The largest absolute Gasteiger partial charge is 0.486 e. The van der Waals surface area contributed by atoms with E-state index >= 15 is 0 Å². The van der Waals surface area contributed by atoms with Crippen molar-refractivity contribution >= 4 is 17.4 Å². The van der Waals surface area contributed by atoms with E-state index in [1.165, 1.54) is 10.7 Å². The van der Waals surface area contributed by atoms with Gasteiger partial charge in [0.25, 0.3) is 5.91 Å². The zero-order valence-corrected chi connectivity index (χ0v) is 16.6. The standard InChI is InChI=1S/C19H16F4N6O3/c1-9-7-31-13-6-29-15-12(4-25-29)17(30)26-14(19(21,22)23)8-32-18-10(2-11(20)3-24-18)5-28(9)16(13)27-15/h2-4,6,9,14H,5,7-8H2,1H3,(H,26,30)/t9-,14?/m1/s1. The van der Waals surface area contributed by atoms with Crippen molar-refractivity contribution in [2.24, 2.45) is 0 Å². The van der Waals surface area contributed by atoms with Crippen LogP contribution in [0.3, 0.4) is 0 Å². The van der Waals surface area contributed by atoms with Gasteiger partial charge in [0.2, 0.25) is 5.88 Å². The van der Waals surface area contributed by atoms with Crippen LogP contribution in [0.5, 0.6) is 11.6 Å². The Morgan fingerprint density at radius 1 is 1.22 bits per heavy atom. The third kappa shape index (κ3) is 3.42. The Bertz CT molecular complexity index is 1210. The second-order valence-electron chi connectivity index (χ2n) is 7.54. The summed E-state index contributed by atoms with van der Waals surface area (Å²) in [4.78, 5) is 22.8. The molecule has 3 aromatic rings. The number of aromatic nitrogens is 4. The van der Waals surface area contributed by atoms with Crippen molar-refractivity contribution in [3.8, 4) is 11.6 Å². The Balaban J connectivity index is 1.70. The molecule has 5 rings (SSSR count). The van der Waals surface area contributed by atoms with Crippen molar-refractivity contribution < 1.29 is 31.8 Å². The Morgan fingerprint density at radius 2 is 2.03 bits per heavy atom. The highest BCUT2D eigenvalue weighted by molar-refractivity contribution is 6.00. The number of fused-ring (bicyclic) bond motifs is 1. The first-order valence-electron chi connectivity index (χ1n) is 9.63. The summed E-state index contributed by atoms with van der Waals surface area (Å²) in [6, 6.07) is -1.41. The minimum atomic E-state index is -4.80. The maximum atomic E-state index is 13.9. The van der Waals surface area contributed by atoms with E-state index in [-0.39, 0.29) is 41.8 Å². The summed E-state index contributed by atoms with van der Waals surface area (Å²) in [5.74, 6) is -1.15. The average Bonchev–Trinajstić information content (AvgIpc) is 3.14. The molecule has 0 aromatic carbocycles. The predicted molar refractivity (Wildman–Crippen MR) is 101 cm³/mol. The number of ether oxygens (including phenoxy) is 2. The van der Waals surface area contributed by atoms with Gasteiger partial charge in [-0.25, -0.2) is 18.9 Å². The summed E-state index contributed by atoms with van der Waals surface area (Å²) in [5.41, 5.74) is 0.149. The van der Waals surface area contributed by atoms with Gasteiger partial charge in [0.1, 0.15) is 24.6 Å². The summed E-state index contributed by atoms with van der Waals surface area (Å²) in [7, 11) is 0. The quantitative estimate of drug-likeness (QED) is 0.522. The molecular formula is C19H16F4N6O3. The van der Waals surface area contributed by atoms with E-state index in [0.717, 1.165) is 18.5 Å². The molecule has 2 aliphatic rings. The van der Waals surface area contributed by atoms with E-state index in [4.69, 9.17) is 9.47 Å². The zero-order valence-electron chi connectivity index (χ0n) is 16.6. The Hall–Kier alpha value is -3.64. The highest BCUT2D eigenvalue weighted by Crippen LogP contribution is 2.35. The molecule has 2 atom stereocenters. The highest BCUT2D eigenvalue weighted by atomic mass is 19.4. The Labute approximate surface area is 178 Å². The SMILES string of the molecule is C[C@@H]1COc2cn3ncc4c3nc2N1Cc1cc(F)cnc1OCC(C(F)(F)F)NC4=O. The van der Waals surface area contributed by atoms with E-state index < -0.39 is 30.5 Å². The maximum Gasteiger partial charge on any atom is 0.411 e. The lowest BCUT2D eigenvalue weighted by Gasteiger charge is -2.35. The summed E-state index contributed by atoms with van der Waals surface area (Å²) >= 11 is 0. The lowest BCUT2D eigenvalue weighted by atomic mass is 10.2. The van der Waals surface area contributed by atoms with Gasteiger partial charge in [-0.1, -0.05) is 0 Å². The Morgan fingerprint density at radius 3 is 2.81 bits per heavy atom. The molecule has 13 heteroatoms. The second kappa shape index (κ2) is 7.21. The van der Waals surface area contributed by atoms with Crippen molar-refractivity contribution in [3.05, 3.63) is 41.6 Å². The van der Waals surface area contributed by atoms with Crippen molar-refractivity contribution in [2.45, 2.75) is 31.7 Å². The molecule has 32 heavy (non-hydrogen) atoms. The molecule has 2 aliphatic heterocycles. The molecule has 1 unspecified atom stereocenters. The van der Waals surface area contributed by atoms with Gasteiger partial charge in [0.15, 0.2) is 23.3 Å². The van der Waals surface area contributed by atoms with Gasteiger partial charge in [-0.3, -0.25) is 4.79 Å². The molecule has 2 bridgehead atoms. The minimum absolute atomic E-state index is 0.0440. The average molecular weight is 452 g/mol. The number of hydrogen-bond acceptors (Lipinski definition) is 7. The molecule has 3 aromatic heterocycles. The van der Waals surface area contributed by atoms with Crippen LogP contribution in [-0.2, 0) is 6.54 Å². The summed E-state index contributed by atoms with van der Waals surface area (Å²) in [5, 5.41) is 5.94.